The molecule has 10 aromatic carbocycles. The molecule has 0 saturated heterocycles. The van der Waals surface area contributed by atoms with Crippen molar-refractivity contribution in [3.8, 4) is 55.6 Å². The lowest BCUT2D eigenvalue weighted by atomic mass is 9.67. The normalized spacial score (nSPS) is 12.2. The van der Waals surface area contributed by atoms with Crippen molar-refractivity contribution < 1.29 is 0 Å². The van der Waals surface area contributed by atoms with E-state index < -0.39 is 5.41 Å². The van der Waals surface area contributed by atoms with Crippen LogP contribution in [-0.2, 0) is 5.41 Å². The van der Waals surface area contributed by atoms with Crippen molar-refractivity contribution in [2.45, 2.75) is 5.41 Å². The molecule has 62 heavy (non-hydrogen) atoms. The van der Waals surface area contributed by atoms with Gasteiger partial charge in [-0.3, -0.25) is 0 Å². The first-order valence-corrected chi connectivity index (χ1v) is 21.3. The number of benzene rings is 9. The number of hydrogen-bond acceptors (Lipinski definition) is 1. The Morgan fingerprint density at radius 1 is 0.306 bits per heavy atom. The van der Waals surface area contributed by atoms with Gasteiger partial charge in [0, 0.05) is 22.6 Å². The van der Waals surface area contributed by atoms with Crippen LogP contribution in [0.25, 0.3) is 55.6 Å². The lowest BCUT2D eigenvalue weighted by molar-refractivity contribution is 0.768. The molecule has 1 aliphatic rings. The summed E-state index contributed by atoms with van der Waals surface area (Å²) < 4.78 is 0. The largest absolute Gasteiger partial charge is 0.310 e. The van der Waals surface area contributed by atoms with Crippen LogP contribution in [0.5, 0.6) is 0 Å². The molecule has 10 aromatic rings. The van der Waals surface area contributed by atoms with Crippen molar-refractivity contribution in [1.29, 1.82) is 0 Å². The highest BCUT2D eigenvalue weighted by Crippen LogP contribution is 2.57. The maximum Gasteiger partial charge on any atom is 0.0714 e. The lowest BCUT2D eigenvalue weighted by Crippen LogP contribution is -2.28. The highest BCUT2D eigenvalue weighted by Gasteiger charge is 2.46. The van der Waals surface area contributed by atoms with E-state index >= 15 is 0 Å². The van der Waals surface area contributed by atoms with Crippen molar-refractivity contribution >= 4 is 17.1 Å². The number of anilines is 3. The fourth-order valence-corrected chi connectivity index (χ4v) is 9.58. The number of fused-ring (bicyclic) bond motifs is 3. The number of hydrogen-bond donors (Lipinski definition) is 0. The van der Waals surface area contributed by atoms with Gasteiger partial charge in [0.25, 0.3) is 0 Å². The summed E-state index contributed by atoms with van der Waals surface area (Å²) >= 11 is 0. The van der Waals surface area contributed by atoms with Crippen molar-refractivity contribution in [2.75, 3.05) is 4.90 Å². The van der Waals surface area contributed by atoms with Crippen molar-refractivity contribution in [2.24, 2.45) is 0 Å². The van der Waals surface area contributed by atoms with E-state index in [0.29, 0.717) is 0 Å². The summed E-state index contributed by atoms with van der Waals surface area (Å²) in [6.07, 6.45) is 0. The van der Waals surface area contributed by atoms with E-state index in [1.807, 2.05) is 12.1 Å². The third kappa shape index (κ3) is 6.38. The van der Waals surface area contributed by atoms with Gasteiger partial charge >= 0.3 is 0 Å². The first-order valence-electron chi connectivity index (χ1n) is 21.3. The molecule has 0 spiro atoms. The average molecular weight is 788 g/mol. The van der Waals surface area contributed by atoms with E-state index in [4.69, 9.17) is 0 Å². The zero-order valence-electron chi connectivity index (χ0n) is 34.1. The molecule has 0 heterocycles. The minimum Gasteiger partial charge on any atom is -0.310 e. The fraction of sp³-hybridized carbons (Fsp3) is 0.0164. The molecule has 0 amide bonds. The molecule has 0 unspecified atom stereocenters. The van der Waals surface area contributed by atoms with Crippen LogP contribution in [-0.4, -0.2) is 0 Å². The smallest absolute Gasteiger partial charge is 0.0714 e. The first-order chi connectivity index (χ1) is 30.8. The molecule has 0 bridgehead atoms. The van der Waals surface area contributed by atoms with E-state index in [9.17, 15) is 0 Å². The predicted octanol–water partition coefficient (Wildman–Crippen LogP) is 15.8. The molecule has 0 radical (unpaired) electrons. The van der Waals surface area contributed by atoms with Crippen molar-refractivity contribution in [3.05, 3.63) is 283 Å². The second kappa shape index (κ2) is 15.8. The fourth-order valence-electron chi connectivity index (χ4n) is 9.58. The Labute approximate surface area is 364 Å². The molecule has 0 N–H and O–H groups in total. The summed E-state index contributed by atoms with van der Waals surface area (Å²) in [5.41, 5.74) is 19.4. The van der Waals surface area contributed by atoms with E-state index in [2.05, 4.69) is 254 Å². The van der Waals surface area contributed by atoms with Gasteiger partial charge in [-0.05, 0) is 121 Å². The third-order valence-electron chi connectivity index (χ3n) is 12.4. The maximum absolute atomic E-state index is 3.45. The molecule has 0 atom stereocenters. The van der Waals surface area contributed by atoms with Gasteiger partial charge in [0.1, 0.15) is 0 Å². The summed E-state index contributed by atoms with van der Waals surface area (Å²) in [7, 11) is 0. The summed E-state index contributed by atoms with van der Waals surface area (Å²) in [4.78, 5) is 2.41. The maximum atomic E-state index is 3.45. The minimum atomic E-state index is -0.525. The third-order valence-corrected chi connectivity index (χ3v) is 12.4. The summed E-state index contributed by atoms with van der Waals surface area (Å²) in [5.74, 6) is 0. The molecule has 290 valence electrons. The van der Waals surface area contributed by atoms with E-state index in [1.54, 1.807) is 0 Å². The van der Waals surface area contributed by atoms with Gasteiger partial charge in [-0.2, -0.15) is 0 Å². The van der Waals surface area contributed by atoms with Crippen LogP contribution < -0.4 is 4.90 Å². The molecule has 0 aliphatic heterocycles. The SMILES string of the molecule is c1cccc(-c2cc(N(c3ccc(-c4ccccc4)cc3)c3ccc4c(c3)C(c3ccccc3)(c3ccccc3)c3ccccc3-4)ccc2-c2ccc(-c3ccccc3)cc2)c#1. The van der Waals surface area contributed by atoms with Gasteiger partial charge in [-0.15, -0.1) is 0 Å². The quantitative estimate of drug-likeness (QED) is 0.141. The van der Waals surface area contributed by atoms with Gasteiger partial charge in [-0.25, -0.2) is 0 Å². The standard InChI is InChI=1S/C61H41N/c1-6-18-44(19-7-1)46-30-32-49(33-31-46)55-40-38-53(42-58(55)48-22-10-3-11-23-48)62(52-36-34-47(35-37-52)45-20-8-2-9-21-45)54-39-41-57-56-28-16-17-29-59(56)61(60(57)43-54,50-24-12-4-13-25-50)51-26-14-5-15-27-51/h1-10,12-22,24-43H. The molecule has 11 rings (SSSR count). The summed E-state index contributed by atoms with van der Waals surface area (Å²) in [5, 5.41) is 0. The summed E-state index contributed by atoms with van der Waals surface area (Å²) in [6.45, 7) is 0. The van der Waals surface area contributed by atoms with Crippen LogP contribution >= 0.6 is 0 Å². The zero-order chi connectivity index (χ0) is 41.3. The molecule has 1 nitrogen and oxygen atoms in total. The Bertz CT molecular complexity index is 3080. The van der Waals surface area contributed by atoms with E-state index in [0.717, 1.165) is 39.3 Å². The van der Waals surface area contributed by atoms with Crippen LogP contribution in [0, 0.1) is 12.1 Å². The molecule has 1 heteroatoms. The van der Waals surface area contributed by atoms with Gasteiger partial charge < -0.3 is 4.90 Å². The molecular formula is C61H41N. The average Bonchev–Trinajstić information content (AvgIpc) is 3.66. The topological polar surface area (TPSA) is 3.24 Å². The van der Waals surface area contributed by atoms with Crippen molar-refractivity contribution in [3.63, 3.8) is 0 Å². The Morgan fingerprint density at radius 3 is 1.37 bits per heavy atom. The molecule has 0 fully saturated rings. The molecule has 0 aromatic heterocycles. The first kappa shape index (κ1) is 36.9. The zero-order valence-corrected chi connectivity index (χ0v) is 34.1. The van der Waals surface area contributed by atoms with Crippen molar-refractivity contribution in [1.82, 2.24) is 0 Å². The highest BCUT2D eigenvalue weighted by molar-refractivity contribution is 5.92. The van der Waals surface area contributed by atoms with Crippen LogP contribution in [0.15, 0.2) is 249 Å². The van der Waals surface area contributed by atoms with Crippen LogP contribution in [0.4, 0.5) is 17.1 Å². The van der Waals surface area contributed by atoms with E-state index in [-0.39, 0.29) is 0 Å². The molecular weight excluding hydrogens is 747 g/mol. The van der Waals surface area contributed by atoms with Gasteiger partial charge in [-0.1, -0.05) is 212 Å². The van der Waals surface area contributed by atoms with Crippen LogP contribution in [0.2, 0.25) is 0 Å². The lowest BCUT2D eigenvalue weighted by Gasteiger charge is -2.35. The van der Waals surface area contributed by atoms with Gasteiger partial charge in [0.2, 0.25) is 0 Å². The second-order valence-electron chi connectivity index (χ2n) is 15.9. The Morgan fingerprint density at radius 2 is 0.774 bits per heavy atom. The van der Waals surface area contributed by atoms with E-state index in [1.165, 1.54) is 55.6 Å². The van der Waals surface area contributed by atoms with Gasteiger partial charge in [0.05, 0.1) is 5.41 Å². The molecule has 0 saturated carbocycles. The minimum absolute atomic E-state index is 0.525. The monoisotopic (exact) mass is 787 g/mol. The second-order valence-corrected chi connectivity index (χ2v) is 15.9. The summed E-state index contributed by atoms with van der Waals surface area (Å²) in [6, 6.07) is 96.8. The Kier molecular flexibility index (Phi) is 9.38. The predicted molar refractivity (Wildman–Crippen MR) is 258 cm³/mol. The number of nitrogens with zero attached hydrogens (tertiary/aromatic N) is 1. The van der Waals surface area contributed by atoms with Crippen LogP contribution in [0.3, 0.4) is 0 Å². The Hall–Kier alpha value is -8.18. The van der Waals surface area contributed by atoms with Crippen LogP contribution in [0.1, 0.15) is 22.3 Å². The highest BCUT2D eigenvalue weighted by atomic mass is 15.1. The molecule has 1 aliphatic carbocycles. The Balaban J connectivity index is 1.12. The van der Waals surface area contributed by atoms with Gasteiger partial charge in [0.15, 0.2) is 0 Å². The number of rotatable bonds is 9.